The van der Waals surface area contributed by atoms with Crippen molar-refractivity contribution in [3.63, 3.8) is 0 Å². The molecule has 1 aliphatic rings. The standard InChI is InChI=1S/C19H19FN2O3/c1-25-16-8-3-7-15(12-16)21-18(23)17-9-4-10-22(17)19(24)13-5-2-6-14(20)11-13/h2-3,5-8,11-12,17H,4,9-10H2,1H3,(H,21,23)/t17-/m1/s1. The van der Waals surface area contributed by atoms with Crippen LogP contribution >= 0.6 is 0 Å². The highest BCUT2D eigenvalue weighted by Gasteiger charge is 2.34. The van der Waals surface area contributed by atoms with E-state index in [2.05, 4.69) is 5.32 Å². The quantitative estimate of drug-likeness (QED) is 0.929. The van der Waals surface area contributed by atoms with Crippen LogP contribution in [0.3, 0.4) is 0 Å². The second-order valence-electron chi connectivity index (χ2n) is 5.89. The summed E-state index contributed by atoms with van der Waals surface area (Å²) in [5.74, 6) is -0.419. The first-order chi connectivity index (χ1) is 12.1. The van der Waals surface area contributed by atoms with Gasteiger partial charge in [0.1, 0.15) is 17.6 Å². The molecule has 1 fully saturated rings. The van der Waals surface area contributed by atoms with E-state index >= 15 is 0 Å². The number of amides is 2. The number of carbonyl (C=O) groups is 2. The minimum Gasteiger partial charge on any atom is -0.497 e. The molecule has 0 aliphatic carbocycles. The van der Waals surface area contributed by atoms with Crippen molar-refractivity contribution in [3.05, 3.63) is 59.9 Å². The van der Waals surface area contributed by atoms with Crippen molar-refractivity contribution in [2.45, 2.75) is 18.9 Å². The predicted octanol–water partition coefficient (Wildman–Crippen LogP) is 3.08. The lowest BCUT2D eigenvalue weighted by atomic mass is 10.1. The van der Waals surface area contributed by atoms with Crippen molar-refractivity contribution in [3.8, 4) is 5.75 Å². The van der Waals surface area contributed by atoms with Gasteiger partial charge in [-0.25, -0.2) is 4.39 Å². The normalized spacial score (nSPS) is 16.6. The number of nitrogens with zero attached hydrogens (tertiary/aromatic N) is 1. The Labute approximate surface area is 145 Å². The Morgan fingerprint density at radius 2 is 2.00 bits per heavy atom. The third kappa shape index (κ3) is 3.79. The number of likely N-dealkylation sites (tertiary alicyclic amines) is 1. The zero-order valence-corrected chi connectivity index (χ0v) is 13.9. The molecule has 1 saturated heterocycles. The predicted molar refractivity (Wildman–Crippen MR) is 92.1 cm³/mol. The Hall–Kier alpha value is -2.89. The molecule has 0 aromatic heterocycles. The van der Waals surface area contributed by atoms with Crippen LogP contribution in [0.4, 0.5) is 10.1 Å². The van der Waals surface area contributed by atoms with E-state index in [1.54, 1.807) is 37.4 Å². The molecule has 6 heteroatoms. The lowest BCUT2D eigenvalue weighted by molar-refractivity contribution is -0.119. The van der Waals surface area contributed by atoms with Crippen molar-refractivity contribution in [2.24, 2.45) is 0 Å². The molecule has 2 aromatic rings. The Balaban J connectivity index is 1.74. The van der Waals surface area contributed by atoms with Gasteiger partial charge < -0.3 is 15.0 Å². The Kier molecular flexibility index (Phi) is 4.97. The first kappa shape index (κ1) is 17.0. The Bertz CT molecular complexity index is 794. The van der Waals surface area contributed by atoms with E-state index in [9.17, 15) is 14.0 Å². The van der Waals surface area contributed by atoms with Gasteiger partial charge in [0.25, 0.3) is 5.91 Å². The zero-order valence-electron chi connectivity index (χ0n) is 13.9. The van der Waals surface area contributed by atoms with Gasteiger partial charge in [-0.2, -0.15) is 0 Å². The van der Waals surface area contributed by atoms with Gasteiger partial charge in [-0.15, -0.1) is 0 Å². The zero-order chi connectivity index (χ0) is 17.8. The summed E-state index contributed by atoms with van der Waals surface area (Å²) in [6.07, 6.45) is 1.31. The van der Waals surface area contributed by atoms with Gasteiger partial charge in [-0.05, 0) is 43.2 Å². The summed E-state index contributed by atoms with van der Waals surface area (Å²) in [5.41, 5.74) is 0.857. The molecule has 0 saturated carbocycles. The summed E-state index contributed by atoms with van der Waals surface area (Å²) in [7, 11) is 1.55. The SMILES string of the molecule is COc1cccc(NC(=O)[C@H]2CCCN2C(=O)c2cccc(F)c2)c1. The summed E-state index contributed by atoms with van der Waals surface area (Å²) in [5, 5.41) is 2.82. The average molecular weight is 342 g/mol. The fraction of sp³-hybridized carbons (Fsp3) is 0.263. The second kappa shape index (κ2) is 7.34. The number of methoxy groups -OCH3 is 1. The van der Waals surface area contributed by atoms with Crippen LogP contribution in [-0.4, -0.2) is 36.4 Å². The molecule has 3 rings (SSSR count). The molecule has 2 aromatic carbocycles. The van der Waals surface area contributed by atoms with Crippen LogP contribution in [0.5, 0.6) is 5.75 Å². The highest BCUT2D eigenvalue weighted by Crippen LogP contribution is 2.23. The Morgan fingerprint density at radius 1 is 1.20 bits per heavy atom. The Morgan fingerprint density at radius 3 is 2.76 bits per heavy atom. The van der Waals surface area contributed by atoms with E-state index in [0.717, 1.165) is 6.42 Å². The molecular weight excluding hydrogens is 323 g/mol. The van der Waals surface area contributed by atoms with E-state index in [0.29, 0.717) is 24.4 Å². The molecule has 5 nitrogen and oxygen atoms in total. The largest absolute Gasteiger partial charge is 0.497 e. The molecule has 1 atom stereocenters. The molecule has 25 heavy (non-hydrogen) atoms. The number of anilines is 1. The number of nitrogens with one attached hydrogen (secondary N) is 1. The lowest BCUT2D eigenvalue weighted by Gasteiger charge is -2.24. The number of hydrogen-bond acceptors (Lipinski definition) is 3. The molecular formula is C19H19FN2O3. The molecule has 130 valence electrons. The van der Waals surface area contributed by atoms with Crippen molar-refractivity contribution in [1.29, 1.82) is 0 Å². The highest BCUT2D eigenvalue weighted by atomic mass is 19.1. The van der Waals surface area contributed by atoms with Crippen molar-refractivity contribution in [2.75, 3.05) is 19.0 Å². The topological polar surface area (TPSA) is 58.6 Å². The molecule has 0 radical (unpaired) electrons. The number of rotatable bonds is 4. The van der Waals surface area contributed by atoms with Crippen molar-refractivity contribution in [1.82, 2.24) is 4.90 Å². The lowest BCUT2D eigenvalue weighted by Crippen LogP contribution is -2.43. The average Bonchev–Trinajstić information content (AvgIpc) is 3.11. The highest BCUT2D eigenvalue weighted by molar-refractivity contribution is 6.01. The smallest absolute Gasteiger partial charge is 0.254 e. The third-order valence-electron chi connectivity index (χ3n) is 4.23. The van der Waals surface area contributed by atoms with Crippen LogP contribution in [0.25, 0.3) is 0 Å². The van der Waals surface area contributed by atoms with Gasteiger partial charge in [0.05, 0.1) is 7.11 Å². The second-order valence-corrected chi connectivity index (χ2v) is 5.89. The number of halogens is 1. The fourth-order valence-corrected chi connectivity index (χ4v) is 3.00. The van der Waals surface area contributed by atoms with Crippen LogP contribution < -0.4 is 10.1 Å². The summed E-state index contributed by atoms with van der Waals surface area (Å²) < 4.78 is 18.5. The summed E-state index contributed by atoms with van der Waals surface area (Å²) in [4.78, 5) is 26.7. The van der Waals surface area contributed by atoms with Gasteiger partial charge in [0.2, 0.25) is 5.91 Å². The van der Waals surface area contributed by atoms with Gasteiger partial charge in [-0.1, -0.05) is 12.1 Å². The molecule has 0 bridgehead atoms. The number of ether oxygens (including phenoxy) is 1. The van der Waals surface area contributed by atoms with Crippen LogP contribution in [0.1, 0.15) is 23.2 Å². The minimum atomic E-state index is -0.568. The fourth-order valence-electron chi connectivity index (χ4n) is 3.00. The van der Waals surface area contributed by atoms with E-state index in [1.165, 1.54) is 23.1 Å². The maximum atomic E-state index is 13.4. The summed E-state index contributed by atoms with van der Waals surface area (Å²) >= 11 is 0. The number of carbonyl (C=O) groups excluding carboxylic acids is 2. The molecule has 1 heterocycles. The van der Waals surface area contributed by atoms with Crippen LogP contribution in [0.15, 0.2) is 48.5 Å². The van der Waals surface area contributed by atoms with Crippen LogP contribution in [0, 0.1) is 5.82 Å². The summed E-state index contributed by atoms with van der Waals surface area (Å²) in [6, 6.07) is 12.0. The monoisotopic (exact) mass is 342 g/mol. The first-order valence-corrected chi connectivity index (χ1v) is 8.10. The van der Waals surface area contributed by atoms with Crippen molar-refractivity contribution < 1.29 is 18.7 Å². The number of hydrogen-bond donors (Lipinski definition) is 1. The van der Waals surface area contributed by atoms with Crippen molar-refractivity contribution >= 4 is 17.5 Å². The van der Waals surface area contributed by atoms with E-state index in [-0.39, 0.29) is 17.4 Å². The van der Waals surface area contributed by atoms with Gasteiger partial charge in [-0.3, -0.25) is 9.59 Å². The maximum absolute atomic E-state index is 13.4. The van der Waals surface area contributed by atoms with Crippen LogP contribution in [-0.2, 0) is 4.79 Å². The van der Waals surface area contributed by atoms with Gasteiger partial charge in [0.15, 0.2) is 0 Å². The van der Waals surface area contributed by atoms with E-state index < -0.39 is 11.9 Å². The molecule has 1 N–H and O–H groups in total. The third-order valence-corrected chi connectivity index (χ3v) is 4.23. The molecule has 1 aliphatic heterocycles. The van der Waals surface area contributed by atoms with E-state index in [1.807, 2.05) is 0 Å². The molecule has 0 spiro atoms. The first-order valence-electron chi connectivity index (χ1n) is 8.10. The summed E-state index contributed by atoms with van der Waals surface area (Å²) in [6.45, 7) is 0.478. The minimum absolute atomic E-state index is 0.251. The molecule has 2 amide bonds. The van der Waals surface area contributed by atoms with Crippen LogP contribution in [0.2, 0.25) is 0 Å². The molecule has 0 unspecified atom stereocenters. The maximum Gasteiger partial charge on any atom is 0.254 e. The van der Waals surface area contributed by atoms with Gasteiger partial charge >= 0.3 is 0 Å². The van der Waals surface area contributed by atoms with E-state index in [4.69, 9.17) is 4.74 Å². The number of benzene rings is 2. The van der Waals surface area contributed by atoms with Gasteiger partial charge in [0, 0.05) is 23.9 Å².